The maximum absolute atomic E-state index is 12.4. The smallest absolute Gasteiger partial charge is 0.394 e. The lowest BCUT2D eigenvalue weighted by Crippen LogP contribution is -2.39. The molecule has 0 bridgehead atoms. The first-order chi connectivity index (χ1) is 13.7. The van der Waals surface area contributed by atoms with E-state index in [0.29, 0.717) is 28.3 Å². The van der Waals surface area contributed by atoms with E-state index in [1.165, 1.54) is 12.1 Å². The zero-order valence-electron chi connectivity index (χ0n) is 16.1. The van der Waals surface area contributed by atoms with E-state index in [0.717, 1.165) is 19.3 Å². The first-order valence-electron chi connectivity index (χ1n) is 9.22. The van der Waals surface area contributed by atoms with Gasteiger partial charge in [0.2, 0.25) is 0 Å². The summed E-state index contributed by atoms with van der Waals surface area (Å²) >= 11 is 0. The summed E-state index contributed by atoms with van der Waals surface area (Å²) in [5.41, 5.74) is 1.81. The normalized spacial score (nSPS) is 13.3. The Labute approximate surface area is 167 Å². The Hall–Kier alpha value is -3.55. The van der Waals surface area contributed by atoms with Crippen LogP contribution < -0.4 is 15.4 Å². The maximum atomic E-state index is 12.4. The number of anilines is 1. The van der Waals surface area contributed by atoms with E-state index in [1.807, 2.05) is 0 Å². The second-order valence-corrected chi connectivity index (χ2v) is 7.08. The lowest BCUT2D eigenvalue weighted by molar-refractivity contribution is -0.147. The molecule has 2 aromatic rings. The number of nitrogens with one attached hydrogen (secondary N) is 2. The van der Waals surface area contributed by atoms with Gasteiger partial charge in [-0.2, -0.15) is 0 Å². The van der Waals surface area contributed by atoms with Crippen molar-refractivity contribution in [3.8, 4) is 17.2 Å². The van der Waals surface area contributed by atoms with Crippen molar-refractivity contribution in [2.24, 2.45) is 0 Å². The van der Waals surface area contributed by atoms with Crippen LogP contribution in [-0.4, -0.2) is 34.0 Å². The predicted molar refractivity (Wildman–Crippen MR) is 105 cm³/mol. The lowest BCUT2D eigenvalue weighted by atomic mass is 9.93. The van der Waals surface area contributed by atoms with Gasteiger partial charge in [-0.05, 0) is 74.6 Å². The summed E-state index contributed by atoms with van der Waals surface area (Å²) in [6, 6.07) is 7.75. The molecular weight excluding hydrogens is 376 g/mol. The average Bonchev–Trinajstić information content (AvgIpc) is 2.62. The number of aryl methyl sites for hydroxylation is 2. The number of phenolic OH excluding ortho intramolecular Hbond substituents is 1. The zero-order chi connectivity index (χ0) is 21.1. The van der Waals surface area contributed by atoms with E-state index in [9.17, 15) is 19.5 Å². The fraction of sp³-hybridized carbons (Fsp3) is 0.286. The first kappa shape index (κ1) is 20.2. The van der Waals surface area contributed by atoms with Gasteiger partial charge in [0.15, 0.2) is 0 Å². The minimum absolute atomic E-state index is 0.130. The number of hydrogen-bond donors (Lipinski definition) is 4. The molecule has 4 N–H and O–H groups in total. The number of benzene rings is 2. The van der Waals surface area contributed by atoms with Gasteiger partial charge in [-0.25, -0.2) is 4.79 Å². The molecule has 1 aliphatic rings. The van der Waals surface area contributed by atoms with Crippen molar-refractivity contribution >= 4 is 23.5 Å². The molecule has 0 radical (unpaired) electrons. The first-order valence-corrected chi connectivity index (χ1v) is 9.22. The topological polar surface area (TPSA) is 125 Å². The van der Waals surface area contributed by atoms with Crippen molar-refractivity contribution < 1.29 is 29.3 Å². The van der Waals surface area contributed by atoms with E-state index >= 15 is 0 Å². The Morgan fingerprint density at radius 2 is 1.72 bits per heavy atom. The Kier molecular flexibility index (Phi) is 5.72. The molecule has 0 aliphatic heterocycles. The Bertz CT molecular complexity index is 958. The molecule has 152 valence electrons. The fourth-order valence-electron chi connectivity index (χ4n) is 3.06. The molecule has 0 spiro atoms. The van der Waals surface area contributed by atoms with Crippen LogP contribution in [-0.2, 0) is 9.59 Å². The molecule has 2 amide bonds. The van der Waals surface area contributed by atoms with Crippen molar-refractivity contribution in [3.63, 3.8) is 0 Å². The van der Waals surface area contributed by atoms with E-state index in [1.54, 1.807) is 32.0 Å². The van der Waals surface area contributed by atoms with Gasteiger partial charge in [-0.15, -0.1) is 0 Å². The van der Waals surface area contributed by atoms with Crippen LogP contribution in [0.25, 0.3) is 0 Å². The number of hydrogen-bond acceptors (Lipinski definition) is 5. The predicted octanol–water partition coefficient (Wildman–Crippen LogP) is 3.11. The number of carboxylic acid groups (broad SMARTS) is 1. The standard InChI is InChI=1S/C21H22N2O6/c1-11-8-14(23-20(26)21(27)28)9-12(2)18(11)29-15-6-7-17(24)16(10-15)19(25)22-13-4-3-5-13/h6-10,13,24H,3-5H2,1-2H3,(H,22,25)(H,23,26)(H,27,28). The SMILES string of the molecule is Cc1cc(NC(=O)C(=O)O)cc(C)c1Oc1ccc(O)c(C(=O)NC2CCC2)c1. The van der Waals surface area contributed by atoms with Gasteiger partial charge in [0.1, 0.15) is 17.2 Å². The molecule has 1 aliphatic carbocycles. The molecular formula is C21H22N2O6. The van der Waals surface area contributed by atoms with Crippen molar-refractivity contribution in [3.05, 3.63) is 47.0 Å². The van der Waals surface area contributed by atoms with Crippen molar-refractivity contribution in [1.29, 1.82) is 0 Å². The molecule has 0 unspecified atom stereocenters. The van der Waals surface area contributed by atoms with E-state index in [2.05, 4.69) is 10.6 Å². The average molecular weight is 398 g/mol. The van der Waals surface area contributed by atoms with Crippen LogP contribution in [0.15, 0.2) is 30.3 Å². The fourth-order valence-corrected chi connectivity index (χ4v) is 3.06. The van der Waals surface area contributed by atoms with Crippen molar-refractivity contribution in [2.45, 2.75) is 39.2 Å². The number of carbonyl (C=O) groups excluding carboxylic acids is 2. The number of carboxylic acids is 1. The number of aromatic hydroxyl groups is 1. The number of aliphatic carboxylic acids is 1. The molecule has 1 fully saturated rings. The molecule has 8 nitrogen and oxygen atoms in total. The van der Waals surface area contributed by atoms with Crippen LogP contribution in [0.5, 0.6) is 17.2 Å². The van der Waals surface area contributed by atoms with Gasteiger partial charge in [0.05, 0.1) is 5.56 Å². The minimum Gasteiger partial charge on any atom is -0.507 e. The molecule has 29 heavy (non-hydrogen) atoms. The Morgan fingerprint density at radius 3 is 2.28 bits per heavy atom. The number of amides is 2. The monoisotopic (exact) mass is 398 g/mol. The molecule has 1 saturated carbocycles. The van der Waals surface area contributed by atoms with E-state index in [4.69, 9.17) is 9.84 Å². The molecule has 0 atom stereocenters. The number of rotatable bonds is 5. The highest BCUT2D eigenvalue weighted by Crippen LogP contribution is 2.33. The summed E-state index contributed by atoms with van der Waals surface area (Å²) in [4.78, 5) is 34.4. The Morgan fingerprint density at radius 1 is 1.07 bits per heavy atom. The Balaban J connectivity index is 1.80. The lowest BCUT2D eigenvalue weighted by Gasteiger charge is -2.26. The molecule has 8 heteroatoms. The van der Waals surface area contributed by atoms with E-state index < -0.39 is 11.9 Å². The van der Waals surface area contributed by atoms with Gasteiger partial charge < -0.3 is 25.6 Å². The van der Waals surface area contributed by atoms with Gasteiger partial charge in [-0.1, -0.05) is 0 Å². The zero-order valence-corrected chi connectivity index (χ0v) is 16.1. The highest BCUT2D eigenvalue weighted by molar-refractivity contribution is 6.36. The largest absolute Gasteiger partial charge is 0.507 e. The van der Waals surface area contributed by atoms with Crippen LogP contribution in [0.4, 0.5) is 5.69 Å². The highest BCUT2D eigenvalue weighted by Gasteiger charge is 2.22. The van der Waals surface area contributed by atoms with Gasteiger partial charge in [0.25, 0.3) is 5.91 Å². The van der Waals surface area contributed by atoms with Crippen molar-refractivity contribution in [1.82, 2.24) is 5.32 Å². The molecule has 0 heterocycles. The maximum Gasteiger partial charge on any atom is 0.394 e. The molecule has 0 aromatic heterocycles. The molecule has 0 saturated heterocycles. The molecule has 3 rings (SSSR count). The van der Waals surface area contributed by atoms with Crippen LogP contribution in [0, 0.1) is 13.8 Å². The highest BCUT2D eigenvalue weighted by atomic mass is 16.5. The number of phenols is 1. The number of ether oxygens (including phenoxy) is 1. The van der Waals surface area contributed by atoms with Crippen molar-refractivity contribution in [2.75, 3.05) is 5.32 Å². The second-order valence-electron chi connectivity index (χ2n) is 7.08. The van der Waals surface area contributed by atoms with Crippen LogP contribution >= 0.6 is 0 Å². The summed E-state index contributed by atoms with van der Waals surface area (Å²) in [5, 5.41) is 23.9. The third kappa shape index (κ3) is 4.66. The third-order valence-electron chi connectivity index (χ3n) is 4.79. The summed E-state index contributed by atoms with van der Waals surface area (Å²) in [5.74, 6) is -2.30. The quantitative estimate of drug-likeness (QED) is 0.574. The molecule has 2 aromatic carbocycles. The van der Waals surface area contributed by atoms with Gasteiger partial charge >= 0.3 is 11.9 Å². The summed E-state index contributed by atoms with van der Waals surface area (Å²) in [6.07, 6.45) is 2.96. The van der Waals surface area contributed by atoms with Gasteiger partial charge in [-0.3, -0.25) is 9.59 Å². The minimum atomic E-state index is -1.57. The van der Waals surface area contributed by atoms with Crippen LogP contribution in [0.3, 0.4) is 0 Å². The summed E-state index contributed by atoms with van der Waals surface area (Å²) in [6.45, 7) is 3.51. The van der Waals surface area contributed by atoms with Crippen LogP contribution in [0.2, 0.25) is 0 Å². The second kappa shape index (κ2) is 8.22. The number of carbonyl (C=O) groups is 3. The van der Waals surface area contributed by atoms with Crippen LogP contribution in [0.1, 0.15) is 40.7 Å². The van der Waals surface area contributed by atoms with Gasteiger partial charge in [0, 0.05) is 11.7 Å². The summed E-state index contributed by atoms with van der Waals surface area (Å²) in [7, 11) is 0. The summed E-state index contributed by atoms with van der Waals surface area (Å²) < 4.78 is 5.92. The van der Waals surface area contributed by atoms with E-state index in [-0.39, 0.29) is 23.3 Å². The third-order valence-corrected chi connectivity index (χ3v) is 4.79.